The number of hydrogen-bond donors (Lipinski definition) is 2. The highest BCUT2D eigenvalue weighted by atomic mass is 32.1. The van der Waals surface area contributed by atoms with Crippen LogP contribution in [-0.4, -0.2) is 18.2 Å². The van der Waals surface area contributed by atoms with Crippen LogP contribution in [-0.2, 0) is 11.2 Å². The summed E-state index contributed by atoms with van der Waals surface area (Å²) >= 11 is 4.15. The fourth-order valence-corrected chi connectivity index (χ4v) is 5.41. The monoisotopic (exact) mass is 473 g/mol. The Balaban J connectivity index is 1.12. The molecule has 0 aliphatic heterocycles. The van der Waals surface area contributed by atoms with Gasteiger partial charge >= 0.3 is 0 Å². The number of hydrogen-bond acceptors (Lipinski definition) is 2. The molecule has 0 saturated heterocycles. The van der Waals surface area contributed by atoms with Gasteiger partial charge in [-0.1, -0.05) is 99.5 Å². The normalized spacial score (nSPS) is 11.7. The first-order valence-corrected chi connectivity index (χ1v) is 13.9. The van der Waals surface area contributed by atoms with Gasteiger partial charge in [0.05, 0.1) is 0 Å². The van der Waals surface area contributed by atoms with E-state index in [1.165, 1.54) is 95.7 Å². The summed E-state index contributed by atoms with van der Waals surface area (Å²) in [6.45, 7) is 0.828. The van der Waals surface area contributed by atoms with E-state index in [0.717, 1.165) is 25.1 Å². The standard InChI is InChI=1S/C31H39NOS/c33-29(15-11-23-34)32-22-9-7-5-3-1-2-4-6-8-12-24-16-17-27-19-18-25-13-10-14-26-20-21-28(24)31(27)30(25)26/h10,13-14,16-21,34H,1-9,11-12,15,22-23H2,(H,32,33). The van der Waals surface area contributed by atoms with Gasteiger partial charge in [0.1, 0.15) is 0 Å². The second-order valence-electron chi connectivity index (χ2n) is 9.69. The number of aryl methyl sites for hydroxylation is 1. The van der Waals surface area contributed by atoms with Crippen LogP contribution in [0, 0.1) is 0 Å². The van der Waals surface area contributed by atoms with Gasteiger partial charge in [0, 0.05) is 13.0 Å². The molecule has 0 fully saturated rings. The van der Waals surface area contributed by atoms with Gasteiger partial charge < -0.3 is 5.32 Å². The maximum absolute atomic E-state index is 11.6. The molecule has 0 aromatic heterocycles. The molecule has 1 N–H and O–H groups in total. The van der Waals surface area contributed by atoms with E-state index in [1.54, 1.807) is 0 Å². The van der Waals surface area contributed by atoms with Crippen LogP contribution in [0.15, 0.2) is 54.6 Å². The summed E-state index contributed by atoms with van der Waals surface area (Å²) in [5.41, 5.74) is 1.50. The minimum absolute atomic E-state index is 0.177. The summed E-state index contributed by atoms with van der Waals surface area (Å²) in [6.07, 6.45) is 14.2. The van der Waals surface area contributed by atoms with Gasteiger partial charge in [-0.2, -0.15) is 12.6 Å². The number of unbranched alkanes of at least 4 members (excludes halogenated alkanes) is 8. The zero-order valence-corrected chi connectivity index (χ0v) is 21.3. The fourth-order valence-electron chi connectivity index (χ4n) is 5.25. The third kappa shape index (κ3) is 6.44. The molecule has 0 unspecified atom stereocenters. The number of benzene rings is 4. The van der Waals surface area contributed by atoms with Crippen molar-refractivity contribution in [2.75, 3.05) is 12.3 Å². The Morgan fingerprint density at radius 1 is 0.647 bits per heavy atom. The van der Waals surface area contributed by atoms with Crippen LogP contribution in [0.4, 0.5) is 0 Å². The molecule has 180 valence electrons. The predicted molar refractivity (Wildman–Crippen MR) is 151 cm³/mol. The molecule has 0 aliphatic rings. The van der Waals surface area contributed by atoms with E-state index in [9.17, 15) is 4.79 Å². The van der Waals surface area contributed by atoms with E-state index in [1.807, 2.05) is 0 Å². The van der Waals surface area contributed by atoms with E-state index in [0.29, 0.717) is 6.42 Å². The van der Waals surface area contributed by atoms with Gasteiger partial charge in [0.25, 0.3) is 0 Å². The van der Waals surface area contributed by atoms with Gasteiger partial charge in [0.2, 0.25) is 5.91 Å². The van der Waals surface area contributed by atoms with Crippen molar-refractivity contribution >= 4 is 50.9 Å². The van der Waals surface area contributed by atoms with Crippen molar-refractivity contribution in [2.45, 2.75) is 77.0 Å². The molecule has 0 atom stereocenters. The molecule has 0 saturated carbocycles. The molecule has 0 bridgehead atoms. The summed E-state index contributed by atoms with van der Waals surface area (Å²) in [4.78, 5) is 11.6. The fraction of sp³-hybridized carbons (Fsp3) is 0.452. The lowest BCUT2D eigenvalue weighted by Gasteiger charge is -2.14. The predicted octanol–water partition coefficient (Wildman–Crippen LogP) is 8.46. The molecule has 2 nitrogen and oxygen atoms in total. The molecule has 4 rings (SSSR count). The van der Waals surface area contributed by atoms with Crippen LogP contribution in [0.25, 0.3) is 32.3 Å². The minimum atomic E-state index is 0.177. The Kier molecular flexibility index (Phi) is 9.50. The van der Waals surface area contributed by atoms with Crippen LogP contribution in [0.3, 0.4) is 0 Å². The Morgan fingerprint density at radius 3 is 1.94 bits per heavy atom. The first kappa shape index (κ1) is 24.9. The summed E-state index contributed by atoms with van der Waals surface area (Å²) < 4.78 is 0. The topological polar surface area (TPSA) is 29.1 Å². The zero-order chi connectivity index (χ0) is 23.6. The Labute approximate surface area is 210 Å². The number of amides is 1. The van der Waals surface area contributed by atoms with E-state index in [4.69, 9.17) is 0 Å². The average Bonchev–Trinajstić information content (AvgIpc) is 2.87. The maximum Gasteiger partial charge on any atom is 0.220 e. The van der Waals surface area contributed by atoms with Crippen molar-refractivity contribution in [3.05, 3.63) is 60.2 Å². The minimum Gasteiger partial charge on any atom is -0.356 e. The summed E-state index contributed by atoms with van der Waals surface area (Å²) in [7, 11) is 0. The molecule has 0 heterocycles. The van der Waals surface area contributed by atoms with Gasteiger partial charge in [-0.3, -0.25) is 4.79 Å². The highest BCUT2D eigenvalue weighted by molar-refractivity contribution is 7.80. The lowest BCUT2D eigenvalue weighted by Crippen LogP contribution is -2.24. The van der Waals surface area contributed by atoms with E-state index in [2.05, 4.69) is 72.5 Å². The van der Waals surface area contributed by atoms with Crippen molar-refractivity contribution in [2.24, 2.45) is 0 Å². The zero-order valence-electron chi connectivity index (χ0n) is 20.5. The third-order valence-electron chi connectivity index (χ3n) is 7.13. The molecule has 4 aromatic carbocycles. The maximum atomic E-state index is 11.6. The summed E-state index contributed by atoms with van der Waals surface area (Å²) in [5, 5.41) is 11.4. The molecule has 0 aliphatic carbocycles. The van der Waals surface area contributed by atoms with Crippen LogP contribution in [0.1, 0.15) is 76.2 Å². The molecular formula is C31H39NOS. The molecule has 4 aromatic rings. The van der Waals surface area contributed by atoms with Crippen LogP contribution >= 0.6 is 12.6 Å². The first-order valence-electron chi connectivity index (χ1n) is 13.3. The highest BCUT2D eigenvalue weighted by Gasteiger charge is 2.10. The number of nitrogens with one attached hydrogen (secondary N) is 1. The van der Waals surface area contributed by atoms with E-state index < -0.39 is 0 Å². The van der Waals surface area contributed by atoms with Crippen LogP contribution in [0.2, 0.25) is 0 Å². The molecular weight excluding hydrogens is 434 g/mol. The second-order valence-corrected chi connectivity index (χ2v) is 10.1. The van der Waals surface area contributed by atoms with Gasteiger partial charge in [-0.25, -0.2) is 0 Å². The lowest BCUT2D eigenvalue weighted by molar-refractivity contribution is -0.121. The van der Waals surface area contributed by atoms with Crippen LogP contribution in [0.5, 0.6) is 0 Å². The Bertz CT molecular complexity index is 1170. The van der Waals surface area contributed by atoms with E-state index in [-0.39, 0.29) is 5.91 Å². The highest BCUT2D eigenvalue weighted by Crippen LogP contribution is 2.36. The molecule has 34 heavy (non-hydrogen) atoms. The largest absolute Gasteiger partial charge is 0.356 e. The smallest absolute Gasteiger partial charge is 0.220 e. The molecule has 3 heteroatoms. The van der Waals surface area contributed by atoms with Gasteiger partial charge in [0.15, 0.2) is 0 Å². The lowest BCUT2D eigenvalue weighted by atomic mass is 9.90. The van der Waals surface area contributed by atoms with Crippen molar-refractivity contribution in [3.8, 4) is 0 Å². The third-order valence-corrected chi connectivity index (χ3v) is 7.44. The van der Waals surface area contributed by atoms with E-state index >= 15 is 0 Å². The number of carbonyl (C=O) groups excluding carboxylic acids is 1. The molecule has 0 radical (unpaired) electrons. The molecule has 1 amide bonds. The van der Waals surface area contributed by atoms with Crippen molar-refractivity contribution in [1.82, 2.24) is 5.32 Å². The summed E-state index contributed by atoms with van der Waals surface area (Å²) in [5.74, 6) is 0.962. The number of rotatable bonds is 15. The van der Waals surface area contributed by atoms with Crippen LogP contribution < -0.4 is 5.32 Å². The summed E-state index contributed by atoms with van der Waals surface area (Å²) in [6, 6.07) is 20.5. The quantitative estimate of drug-likeness (QED) is 0.101. The Morgan fingerprint density at radius 2 is 1.24 bits per heavy atom. The SMILES string of the molecule is O=C(CCCS)NCCCCCCCCCCCc1ccc2ccc3cccc4ccc1c2c34. The van der Waals surface area contributed by atoms with Crippen molar-refractivity contribution in [3.63, 3.8) is 0 Å². The number of thiol groups is 1. The van der Waals surface area contributed by atoms with Gasteiger partial charge in [-0.05, 0) is 69.3 Å². The molecule has 0 spiro atoms. The average molecular weight is 474 g/mol. The number of carbonyl (C=O) groups is 1. The first-order chi connectivity index (χ1) is 16.8. The Hall–Kier alpha value is -2.26. The van der Waals surface area contributed by atoms with Gasteiger partial charge in [-0.15, -0.1) is 0 Å². The van der Waals surface area contributed by atoms with Crippen molar-refractivity contribution < 1.29 is 4.79 Å². The van der Waals surface area contributed by atoms with Crippen molar-refractivity contribution in [1.29, 1.82) is 0 Å². The second kappa shape index (κ2) is 13.0.